The molecule has 1 aliphatic rings. The van der Waals surface area contributed by atoms with E-state index in [9.17, 15) is 0 Å². The highest BCUT2D eigenvalue weighted by Crippen LogP contribution is 2.27. The molecular formula is C17H29N3. The van der Waals surface area contributed by atoms with E-state index in [0.29, 0.717) is 6.04 Å². The van der Waals surface area contributed by atoms with Gasteiger partial charge in [0.05, 0.1) is 5.69 Å². The molecule has 1 saturated heterocycles. The molecule has 3 atom stereocenters. The smallest absolute Gasteiger partial charge is 0.0544 e. The molecule has 3 heteroatoms. The fraction of sp³-hybridized carbons (Fsp3) is 0.706. The van der Waals surface area contributed by atoms with E-state index in [1.807, 2.05) is 12.3 Å². The van der Waals surface area contributed by atoms with Crippen LogP contribution in [-0.4, -0.2) is 34.6 Å². The molecule has 2 rings (SSSR count). The number of nitrogens with one attached hydrogen (secondary N) is 1. The van der Waals surface area contributed by atoms with E-state index in [-0.39, 0.29) is 5.54 Å². The van der Waals surface area contributed by atoms with Crippen LogP contribution in [0.2, 0.25) is 0 Å². The minimum absolute atomic E-state index is 0.238. The predicted octanol–water partition coefficient (Wildman–Crippen LogP) is 3.07. The van der Waals surface area contributed by atoms with Crippen LogP contribution in [0, 0.1) is 5.92 Å². The van der Waals surface area contributed by atoms with E-state index in [1.165, 1.54) is 18.5 Å². The van der Waals surface area contributed by atoms with Gasteiger partial charge in [-0.3, -0.25) is 9.88 Å². The first-order valence-corrected chi connectivity index (χ1v) is 7.97. The lowest BCUT2D eigenvalue weighted by molar-refractivity contribution is 0.0284. The highest BCUT2D eigenvalue weighted by atomic mass is 15.3. The van der Waals surface area contributed by atoms with Gasteiger partial charge in [-0.2, -0.15) is 0 Å². The molecule has 2 heterocycles. The summed E-state index contributed by atoms with van der Waals surface area (Å²) in [5, 5.41) is 3.76. The van der Waals surface area contributed by atoms with E-state index in [0.717, 1.165) is 25.6 Å². The first-order valence-electron chi connectivity index (χ1n) is 7.97. The van der Waals surface area contributed by atoms with Crippen LogP contribution in [0.5, 0.6) is 0 Å². The van der Waals surface area contributed by atoms with Gasteiger partial charge in [0.25, 0.3) is 0 Å². The molecule has 3 unspecified atom stereocenters. The summed E-state index contributed by atoms with van der Waals surface area (Å²) in [5.74, 6) is 0.725. The second kappa shape index (κ2) is 6.68. The van der Waals surface area contributed by atoms with Crippen LogP contribution in [0.1, 0.15) is 46.2 Å². The summed E-state index contributed by atoms with van der Waals surface area (Å²) in [6.07, 6.45) is 4.30. The zero-order valence-corrected chi connectivity index (χ0v) is 13.4. The van der Waals surface area contributed by atoms with Crippen molar-refractivity contribution < 1.29 is 0 Å². The molecule has 1 N–H and O–H groups in total. The third-order valence-corrected chi connectivity index (χ3v) is 5.10. The van der Waals surface area contributed by atoms with E-state index in [2.05, 4.69) is 55.0 Å². The fourth-order valence-electron chi connectivity index (χ4n) is 2.94. The van der Waals surface area contributed by atoms with E-state index < -0.39 is 0 Å². The van der Waals surface area contributed by atoms with Gasteiger partial charge in [-0.25, -0.2) is 0 Å². The van der Waals surface area contributed by atoms with Crippen molar-refractivity contribution in [2.45, 2.75) is 58.7 Å². The standard InChI is InChI=1S/C17H29N3/c1-5-14(3)16-12-20(17(4,6-2)13-19-16)11-15-9-7-8-10-18-15/h7-10,14,16,19H,5-6,11-13H2,1-4H3. The molecule has 0 amide bonds. The topological polar surface area (TPSA) is 28.2 Å². The lowest BCUT2D eigenvalue weighted by Gasteiger charge is -2.49. The van der Waals surface area contributed by atoms with Crippen molar-refractivity contribution in [3.8, 4) is 0 Å². The van der Waals surface area contributed by atoms with Gasteiger partial charge >= 0.3 is 0 Å². The minimum Gasteiger partial charge on any atom is -0.311 e. The first kappa shape index (κ1) is 15.5. The molecule has 112 valence electrons. The van der Waals surface area contributed by atoms with Crippen molar-refractivity contribution in [1.82, 2.24) is 15.2 Å². The van der Waals surface area contributed by atoms with Crippen LogP contribution >= 0.6 is 0 Å². The zero-order chi connectivity index (χ0) is 14.6. The monoisotopic (exact) mass is 275 g/mol. The van der Waals surface area contributed by atoms with Crippen molar-refractivity contribution >= 4 is 0 Å². The average Bonchev–Trinajstić information content (AvgIpc) is 2.50. The maximum absolute atomic E-state index is 4.50. The van der Waals surface area contributed by atoms with Gasteiger partial charge in [-0.15, -0.1) is 0 Å². The zero-order valence-electron chi connectivity index (χ0n) is 13.4. The number of piperazine rings is 1. The molecule has 1 aromatic rings. The van der Waals surface area contributed by atoms with Crippen molar-refractivity contribution in [1.29, 1.82) is 0 Å². The summed E-state index contributed by atoms with van der Waals surface area (Å²) in [6, 6.07) is 6.81. The second-order valence-electron chi connectivity index (χ2n) is 6.43. The number of hydrogen-bond donors (Lipinski definition) is 1. The summed E-state index contributed by atoms with van der Waals surface area (Å²) in [4.78, 5) is 7.13. The molecule has 0 radical (unpaired) electrons. The van der Waals surface area contributed by atoms with Crippen molar-refractivity contribution in [3.05, 3.63) is 30.1 Å². The molecule has 1 fully saturated rings. The summed E-state index contributed by atoms with van der Waals surface area (Å²) in [5.41, 5.74) is 1.42. The van der Waals surface area contributed by atoms with Gasteiger partial charge < -0.3 is 5.32 Å². The fourth-order valence-corrected chi connectivity index (χ4v) is 2.94. The Morgan fingerprint density at radius 2 is 2.25 bits per heavy atom. The third kappa shape index (κ3) is 3.39. The van der Waals surface area contributed by atoms with E-state index in [4.69, 9.17) is 0 Å². The second-order valence-corrected chi connectivity index (χ2v) is 6.43. The number of nitrogens with zero attached hydrogens (tertiary/aromatic N) is 2. The van der Waals surface area contributed by atoms with Crippen molar-refractivity contribution in [3.63, 3.8) is 0 Å². The van der Waals surface area contributed by atoms with Crippen LogP contribution in [0.4, 0.5) is 0 Å². The summed E-state index contributed by atoms with van der Waals surface area (Å²) in [7, 11) is 0. The molecule has 3 nitrogen and oxygen atoms in total. The lowest BCUT2D eigenvalue weighted by atomic mass is 9.88. The first-order chi connectivity index (χ1) is 9.59. The van der Waals surface area contributed by atoms with Gasteiger partial charge in [0, 0.05) is 37.4 Å². The Hall–Kier alpha value is -0.930. The van der Waals surface area contributed by atoms with Gasteiger partial charge in [-0.1, -0.05) is 33.3 Å². The number of pyridine rings is 1. The number of rotatable bonds is 5. The molecule has 0 saturated carbocycles. The van der Waals surface area contributed by atoms with Gasteiger partial charge in [-0.05, 0) is 31.4 Å². The van der Waals surface area contributed by atoms with Gasteiger partial charge in [0.15, 0.2) is 0 Å². The number of aromatic nitrogens is 1. The van der Waals surface area contributed by atoms with Crippen molar-refractivity contribution in [2.24, 2.45) is 5.92 Å². The maximum Gasteiger partial charge on any atom is 0.0544 e. The maximum atomic E-state index is 4.50. The lowest BCUT2D eigenvalue weighted by Crippen LogP contribution is -2.64. The predicted molar refractivity (Wildman–Crippen MR) is 84.6 cm³/mol. The molecular weight excluding hydrogens is 246 g/mol. The minimum atomic E-state index is 0.238. The highest BCUT2D eigenvalue weighted by Gasteiger charge is 2.37. The largest absolute Gasteiger partial charge is 0.311 e. The summed E-state index contributed by atoms with van der Waals surface area (Å²) >= 11 is 0. The van der Waals surface area contributed by atoms with Crippen LogP contribution in [0.3, 0.4) is 0 Å². The Morgan fingerprint density at radius 1 is 1.45 bits per heavy atom. The molecule has 0 bridgehead atoms. The normalized spacial score (nSPS) is 29.3. The average molecular weight is 275 g/mol. The molecule has 0 spiro atoms. The van der Waals surface area contributed by atoms with Crippen LogP contribution in [0.25, 0.3) is 0 Å². The molecule has 0 aliphatic carbocycles. The van der Waals surface area contributed by atoms with E-state index in [1.54, 1.807) is 0 Å². The Labute approximate surface area is 123 Å². The Bertz CT molecular complexity index is 406. The molecule has 1 aliphatic heterocycles. The SMILES string of the molecule is CCC(C)C1CN(Cc2ccccn2)C(C)(CC)CN1. The van der Waals surface area contributed by atoms with Crippen LogP contribution in [-0.2, 0) is 6.54 Å². The number of hydrogen-bond acceptors (Lipinski definition) is 3. The molecule has 20 heavy (non-hydrogen) atoms. The molecule has 1 aromatic heterocycles. The Balaban J connectivity index is 2.11. The van der Waals surface area contributed by atoms with Crippen LogP contribution in [0.15, 0.2) is 24.4 Å². The van der Waals surface area contributed by atoms with Crippen LogP contribution < -0.4 is 5.32 Å². The Kier molecular flexibility index (Phi) is 5.17. The Morgan fingerprint density at radius 3 is 2.85 bits per heavy atom. The quantitative estimate of drug-likeness (QED) is 0.895. The van der Waals surface area contributed by atoms with E-state index >= 15 is 0 Å². The van der Waals surface area contributed by atoms with Crippen molar-refractivity contribution in [2.75, 3.05) is 13.1 Å². The molecule has 0 aromatic carbocycles. The van der Waals surface area contributed by atoms with Gasteiger partial charge in [0.1, 0.15) is 0 Å². The highest BCUT2D eigenvalue weighted by molar-refractivity contribution is 5.06. The summed E-state index contributed by atoms with van der Waals surface area (Å²) < 4.78 is 0. The van der Waals surface area contributed by atoms with Gasteiger partial charge in [0.2, 0.25) is 0 Å². The summed E-state index contributed by atoms with van der Waals surface area (Å²) in [6.45, 7) is 12.4. The third-order valence-electron chi connectivity index (χ3n) is 5.10.